The van der Waals surface area contributed by atoms with Gasteiger partial charge >= 0.3 is 0 Å². The summed E-state index contributed by atoms with van der Waals surface area (Å²) >= 11 is 1.31. The van der Waals surface area contributed by atoms with Crippen LogP contribution in [0.5, 0.6) is 0 Å². The summed E-state index contributed by atoms with van der Waals surface area (Å²) in [5, 5.41) is 2.76. The lowest BCUT2D eigenvalue weighted by atomic mass is 10.1. The van der Waals surface area contributed by atoms with Crippen LogP contribution in [0.1, 0.15) is 30.4 Å². The molecule has 0 aromatic heterocycles. The minimum Gasteiger partial charge on any atom is -0.376 e. The van der Waals surface area contributed by atoms with Gasteiger partial charge in [-0.3, -0.25) is 14.5 Å². The Balaban J connectivity index is 1.53. The molecule has 1 N–H and O–H groups in total. The van der Waals surface area contributed by atoms with Crippen molar-refractivity contribution in [2.75, 3.05) is 18.5 Å². The highest BCUT2D eigenvalue weighted by molar-refractivity contribution is 8.15. The molecule has 2 unspecified atom stereocenters. The van der Waals surface area contributed by atoms with E-state index >= 15 is 0 Å². The largest absolute Gasteiger partial charge is 0.376 e. The number of aryl methyl sites for hydroxylation is 2. The molecule has 2 aliphatic heterocycles. The molecular formula is C24H26FN3O3S. The normalized spacial score (nSPS) is 22.0. The number of halogens is 1. The lowest BCUT2D eigenvalue weighted by Crippen LogP contribution is -2.38. The van der Waals surface area contributed by atoms with Gasteiger partial charge in [0.2, 0.25) is 11.8 Å². The molecule has 2 aliphatic rings. The second-order valence-electron chi connectivity index (χ2n) is 8.08. The molecule has 0 spiro atoms. The van der Waals surface area contributed by atoms with Gasteiger partial charge in [0.25, 0.3) is 0 Å². The zero-order valence-electron chi connectivity index (χ0n) is 18.1. The number of amides is 2. The molecule has 2 fully saturated rings. The van der Waals surface area contributed by atoms with Crippen LogP contribution in [0, 0.1) is 19.7 Å². The maximum absolute atomic E-state index is 13.2. The van der Waals surface area contributed by atoms with Gasteiger partial charge in [-0.25, -0.2) is 9.38 Å². The molecule has 0 saturated carbocycles. The lowest BCUT2D eigenvalue weighted by molar-refractivity contribution is -0.129. The van der Waals surface area contributed by atoms with E-state index in [0.29, 0.717) is 24.0 Å². The molecule has 2 saturated heterocycles. The van der Waals surface area contributed by atoms with Crippen molar-refractivity contribution >= 4 is 40.1 Å². The zero-order valence-corrected chi connectivity index (χ0v) is 19.0. The molecule has 168 valence electrons. The fourth-order valence-corrected chi connectivity index (χ4v) is 5.03. The van der Waals surface area contributed by atoms with Crippen molar-refractivity contribution in [2.24, 2.45) is 4.99 Å². The van der Waals surface area contributed by atoms with Crippen LogP contribution < -0.4 is 5.32 Å². The van der Waals surface area contributed by atoms with E-state index in [0.717, 1.165) is 29.7 Å². The summed E-state index contributed by atoms with van der Waals surface area (Å²) < 4.78 is 18.8. The minimum atomic E-state index is -0.570. The predicted octanol–water partition coefficient (Wildman–Crippen LogP) is 4.58. The Bertz CT molecular complexity index is 1020. The Hall–Kier alpha value is -2.71. The van der Waals surface area contributed by atoms with E-state index in [9.17, 15) is 14.0 Å². The van der Waals surface area contributed by atoms with Gasteiger partial charge in [0, 0.05) is 18.7 Å². The Morgan fingerprint density at radius 2 is 1.94 bits per heavy atom. The molecule has 2 heterocycles. The van der Waals surface area contributed by atoms with Crippen LogP contribution >= 0.6 is 11.8 Å². The number of hydrogen-bond acceptors (Lipinski definition) is 5. The lowest BCUT2D eigenvalue weighted by Gasteiger charge is -2.20. The SMILES string of the molecule is Cc1cccc(C)c1N=C1SC(CC(=O)Nc2ccc(F)cc2)C(=O)N1CC1CCCO1. The molecular weight excluding hydrogens is 429 g/mol. The standard InChI is InChI=1S/C24H26FN3O3S/c1-15-5-3-6-16(2)22(15)27-24-28(14-19-7-4-12-31-19)23(30)20(32-24)13-21(29)26-18-10-8-17(25)9-11-18/h3,5-6,8-11,19-20H,4,7,12-14H2,1-2H3,(H,26,29). The average Bonchev–Trinajstić information content (AvgIpc) is 3.37. The van der Waals surface area contributed by atoms with Crippen LogP contribution in [0.15, 0.2) is 47.5 Å². The van der Waals surface area contributed by atoms with Crippen molar-refractivity contribution < 1.29 is 18.7 Å². The van der Waals surface area contributed by atoms with Crippen LogP contribution in [0.2, 0.25) is 0 Å². The van der Waals surface area contributed by atoms with E-state index in [1.807, 2.05) is 32.0 Å². The van der Waals surface area contributed by atoms with Crippen molar-refractivity contribution in [3.05, 3.63) is 59.4 Å². The van der Waals surface area contributed by atoms with Crippen LogP contribution in [-0.2, 0) is 14.3 Å². The van der Waals surface area contributed by atoms with E-state index in [1.165, 1.54) is 36.0 Å². The van der Waals surface area contributed by atoms with Crippen molar-refractivity contribution in [3.63, 3.8) is 0 Å². The third kappa shape index (κ3) is 5.19. The Kier molecular flexibility index (Phi) is 6.91. The Labute approximate surface area is 191 Å². The second-order valence-corrected chi connectivity index (χ2v) is 9.25. The number of ether oxygens (including phenoxy) is 1. The molecule has 32 heavy (non-hydrogen) atoms. The summed E-state index contributed by atoms with van der Waals surface area (Å²) in [5.74, 6) is -0.806. The number of amidine groups is 1. The van der Waals surface area contributed by atoms with Crippen molar-refractivity contribution in [1.82, 2.24) is 4.90 Å². The van der Waals surface area contributed by atoms with Gasteiger partial charge in [-0.1, -0.05) is 30.0 Å². The number of benzene rings is 2. The van der Waals surface area contributed by atoms with Crippen LogP contribution in [0.3, 0.4) is 0 Å². The topological polar surface area (TPSA) is 71.0 Å². The van der Waals surface area contributed by atoms with E-state index in [-0.39, 0.29) is 30.2 Å². The summed E-state index contributed by atoms with van der Waals surface area (Å²) in [5.41, 5.74) is 3.39. The molecule has 4 rings (SSSR count). The third-order valence-electron chi connectivity index (χ3n) is 5.58. The van der Waals surface area contributed by atoms with Gasteiger partial charge in [0.15, 0.2) is 5.17 Å². The predicted molar refractivity (Wildman–Crippen MR) is 125 cm³/mol. The van der Waals surface area contributed by atoms with Gasteiger partial charge < -0.3 is 10.1 Å². The van der Waals surface area contributed by atoms with Gasteiger partial charge in [0.05, 0.1) is 18.3 Å². The van der Waals surface area contributed by atoms with Gasteiger partial charge in [-0.2, -0.15) is 0 Å². The van der Waals surface area contributed by atoms with Crippen LogP contribution in [0.25, 0.3) is 0 Å². The fraction of sp³-hybridized carbons (Fsp3) is 0.375. The number of nitrogens with one attached hydrogen (secondary N) is 1. The van der Waals surface area contributed by atoms with Crippen molar-refractivity contribution in [2.45, 2.75) is 44.5 Å². The number of aliphatic imine (C=N–C) groups is 1. The first-order valence-corrected chi connectivity index (χ1v) is 11.6. The third-order valence-corrected chi connectivity index (χ3v) is 6.75. The summed E-state index contributed by atoms with van der Waals surface area (Å²) in [4.78, 5) is 32.3. The maximum atomic E-state index is 13.2. The first-order chi connectivity index (χ1) is 15.4. The smallest absolute Gasteiger partial charge is 0.242 e. The van der Waals surface area contributed by atoms with Gasteiger partial charge in [-0.05, 0) is 62.1 Å². The number of carbonyl (C=O) groups excluding carboxylic acids is 2. The summed E-state index contributed by atoms with van der Waals surface area (Å²) in [6.07, 6.45) is 1.87. The molecule has 2 aromatic carbocycles. The fourth-order valence-electron chi connectivity index (χ4n) is 3.88. The van der Waals surface area contributed by atoms with Gasteiger partial charge in [-0.15, -0.1) is 0 Å². The first-order valence-electron chi connectivity index (χ1n) is 10.7. The number of rotatable bonds is 6. The highest BCUT2D eigenvalue weighted by Crippen LogP contribution is 2.34. The van der Waals surface area contributed by atoms with E-state index < -0.39 is 5.25 Å². The minimum absolute atomic E-state index is 0.00861. The molecule has 0 radical (unpaired) electrons. The van der Waals surface area contributed by atoms with Crippen LogP contribution in [-0.4, -0.2) is 46.4 Å². The molecule has 8 heteroatoms. The van der Waals surface area contributed by atoms with Crippen LogP contribution in [0.4, 0.5) is 15.8 Å². The second kappa shape index (κ2) is 9.83. The number of thioether (sulfide) groups is 1. The summed E-state index contributed by atoms with van der Waals surface area (Å²) in [7, 11) is 0. The molecule has 0 aliphatic carbocycles. The maximum Gasteiger partial charge on any atom is 0.242 e. The Morgan fingerprint density at radius 3 is 2.59 bits per heavy atom. The number of carbonyl (C=O) groups is 2. The van der Waals surface area contributed by atoms with Crippen molar-refractivity contribution in [3.8, 4) is 0 Å². The Morgan fingerprint density at radius 1 is 1.22 bits per heavy atom. The average molecular weight is 456 g/mol. The number of nitrogens with zero attached hydrogens (tertiary/aromatic N) is 2. The van der Waals surface area contributed by atoms with E-state index in [4.69, 9.17) is 9.73 Å². The summed E-state index contributed by atoms with van der Waals surface area (Å²) in [6, 6.07) is 11.5. The molecule has 0 bridgehead atoms. The molecule has 2 aromatic rings. The molecule has 2 amide bonds. The van der Waals surface area contributed by atoms with E-state index in [1.54, 1.807) is 4.90 Å². The highest BCUT2D eigenvalue weighted by atomic mass is 32.2. The quantitative estimate of drug-likeness (QED) is 0.692. The van der Waals surface area contributed by atoms with E-state index in [2.05, 4.69) is 5.32 Å². The highest BCUT2D eigenvalue weighted by Gasteiger charge is 2.40. The first kappa shape index (κ1) is 22.5. The van der Waals surface area contributed by atoms with Crippen molar-refractivity contribution in [1.29, 1.82) is 0 Å². The number of para-hydroxylation sites is 1. The molecule has 2 atom stereocenters. The summed E-state index contributed by atoms with van der Waals surface area (Å²) in [6.45, 7) is 5.12. The molecule has 6 nitrogen and oxygen atoms in total. The van der Waals surface area contributed by atoms with Gasteiger partial charge in [0.1, 0.15) is 11.1 Å². The zero-order chi connectivity index (χ0) is 22.7. The monoisotopic (exact) mass is 455 g/mol. The number of hydrogen-bond donors (Lipinski definition) is 1. The number of anilines is 1.